The molecule has 0 bridgehead atoms. The number of halogens is 2. The number of hydrogen-bond donors (Lipinski definition) is 0. The van der Waals surface area contributed by atoms with Crippen LogP contribution in [-0.2, 0) is 9.47 Å². The van der Waals surface area contributed by atoms with Gasteiger partial charge in [-0.2, -0.15) is 0 Å². The van der Waals surface area contributed by atoms with Crippen molar-refractivity contribution in [2.24, 2.45) is 0 Å². The maximum absolute atomic E-state index is 14.0. The third-order valence-electron chi connectivity index (χ3n) is 6.10. The molecule has 10 heteroatoms. The van der Waals surface area contributed by atoms with Crippen LogP contribution in [0.2, 0.25) is 0 Å². The highest BCUT2D eigenvalue weighted by Crippen LogP contribution is 2.40. The molecule has 1 saturated heterocycles. The second-order valence-electron chi connectivity index (χ2n) is 10.0. The van der Waals surface area contributed by atoms with E-state index in [0.717, 1.165) is 12.1 Å². The normalized spacial score (nSPS) is 15.1. The van der Waals surface area contributed by atoms with E-state index in [1.165, 1.54) is 18.2 Å². The standard InChI is InChI=1S/C29H29F2N3O5/c1-6-37-27(35)25-24(32-5)21(17-34(25)19-14-15-33(16-19)28(36)39-29(2,3)4)18-10-12-20(13-11-18)38-26-22(30)8-7-9-23(26)31/h7-13,17,19H,6,14-16H2,1-4H3/t19-/m1/s1. The van der Waals surface area contributed by atoms with Gasteiger partial charge < -0.3 is 23.7 Å². The van der Waals surface area contributed by atoms with Gasteiger partial charge in [0.25, 0.3) is 0 Å². The first-order valence-corrected chi connectivity index (χ1v) is 12.5. The van der Waals surface area contributed by atoms with E-state index >= 15 is 0 Å². The van der Waals surface area contributed by atoms with Crippen LogP contribution in [-0.4, -0.2) is 46.8 Å². The number of carbonyl (C=O) groups is 2. The van der Waals surface area contributed by atoms with Gasteiger partial charge in [0, 0.05) is 24.8 Å². The van der Waals surface area contributed by atoms with Crippen molar-refractivity contribution in [2.45, 2.75) is 45.8 Å². The molecule has 4 rings (SSSR count). The Kier molecular flexibility index (Phi) is 7.90. The van der Waals surface area contributed by atoms with Gasteiger partial charge in [-0.05, 0) is 63.9 Å². The number of aromatic nitrogens is 1. The maximum atomic E-state index is 14.0. The van der Waals surface area contributed by atoms with E-state index in [4.69, 9.17) is 20.8 Å². The van der Waals surface area contributed by atoms with Gasteiger partial charge in [-0.1, -0.05) is 18.2 Å². The number of rotatable bonds is 6. The lowest BCUT2D eigenvalue weighted by atomic mass is 10.1. The molecule has 2 heterocycles. The molecule has 39 heavy (non-hydrogen) atoms. The van der Waals surface area contributed by atoms with E-state index in [0.29, 0.717) is 30.6 Å². The molecule has 2 aromatic carbocycles. The van der Waals surface area contributed by atoms with Crippen LogP contribution in [0.1, 0.15) is 50.6 Å². The summed E-state index contributed by atoms with van der Waals surface area (Å²) in [5, 5.41) is 0. The molecule has 204 valence electrons. The summed E-state index contributed by atoms with van der Waals surface area (Å²) in [4.78, 5) is 30.8. The van der Waals surface area contributed by atoms with Gasteiger partial charge in [0.2, 0.25) is 5.69 Å². The summed E-state index contributed by atoms with van der Waals surface area (Å²) < 4.78 is 45.8. The molecule has 1 amide bonds. The number of hydrogen-bond acceptors (Lipinski definition) is 5. The van der Waals surface area contributed by atoms with Crippen molar-refractivity contribution in [3.05, 3.63) is 77.4 Å². The highest BCUT2D eigenvalue weighted by Gasteiger charge is 2.34. The summed E-state index contributed by atoms with van der Waals surface area (Å²) in [6.45, 7) is 15.8. The van der Waals surface area contributed by atoms with Crippen LogP contribution >= 0.6 is 0 Å². The Labute approximate surface area is 225 Å². The molecule has 1 atom stereocenters. The molecule has 0 unspecified atom stereocenters. The molecule has 0 aliphatic carbocycles. The average Bonchev–Trinajstić information content (AvgIpc) is 3.51. The molecule has 0 spiro atoms. The van der Waals surface area contributed by atoms with E-state index in [-0.39, 0.29) is 29.8 Å². The van der Waals surface area contributed by atoms with Crippen molar-refractivity contribution in [3.8, 4) is 22.6 Å². The lowest BCUT2D eigenvalue weighted by Gasteiger charge is -2.24. The van der Waals surface area contributed by atoms with Crippen LogP contribution in [0.4, 0.5) is 19.3 Å². The zero-order valence-electron chi connectivity index (χ0n) is 22.2. The Morgan fingerprint density at radius 2 is 1.77 bits per heavy atom. The van der Waals surface area contributed by atoms with Gasteiger partial charge >= 0.3 is 12.1 Å². The molecule has 1 fully saturated rings. The predicted octanol–water partition coefficient (Wildman–Crippen LogP) is 7.13. The fourth-order valence-corrected chi connectivity index (χ4v) is 4.39. The quantitative estimate of drug-likeness (QED) is 0.247. The topological polar surface area (TPSA) is 74.4 Å². The Balaban J connectivity index is 1.66. The van der Waals surface area contributed by atoms with Gasteiger partial charge in [0.1, 0.15) is 17.0 Å². The minimum atomic E-state index is -0.831. The van der Waals surface area contributed by atoms with Gasteiger partial charge in [-0.3, -0.25) is 0 Å². The lowest BCUT2D eigenvalue weighted by Crippen LogP contribution is -2.35. The monoisotopic (exact) mass is 537 g/mol. The third-order valence-corrected chi connectivity index (χ3v) is 6.10. The number of ether oxygens (including phenoxy) is 3. The van der Waals surface area contributed by atoms with E-state index < -0.39 is 35.0 Å². The first kappa shape index (κ1) is 27.6. The number of amides is 1. The Bertz CT molecular complexity index is 1400. The maximum Gasteiger partial charge on any atom is 0.410 e. The molecule has 8 nitrogen and oxygen atoms in total. The second-order valence-corrected chi connectivity index (χ2v) is 10.0. The molecule has 0 radical (unpaired) electrons. The van der Waals surface area contributed by atoms with Gasteiger partial charge in [0.15, 0.2) is 17.4 Å². The molecular formula is C29H29F2N3O5. The molecule has 0 N–H and O–H groups in total. The summed E-state index contributed by atoms with van der Waals surface area (Å²) in [6, 6.07) is 9.49. The predicted molar refractivity (Wildman–Crippen MR) is 140 cm³/mol. The summed E-state index contributed by atoms with van der Waals surface area (Å²) >= 11 is 0. The van der Waals surface area contributed by atoms with Crippen LogP contribution in [0.3, 0.4) is 0 Å². The minimum Gasteiger partial charge on any atom is -0.462 e. The highest BCUT2D eigenvalue weighted by atomic mass is 19.1. The Morgan fingerprint density at radius 3 is 2.36 bits per heavy atom. The van der Waals surface area contributed by atoms with E-state index in [2.05, 4.69) is 4.85 Å². The zero-order valence-corrected chi connectivity index (χ0v) is 22.2. The molecule has 1 aliphatic rings. The number of carbonyl (C=O) groups excluding carboxylic acids is 2. The SMILES string of the molecule is [C-]#[N+]c1c(-c2ccc(Oc3c(F)cccc3F)cc2)cn([C@@H]2CCN(C(=O)OC(C)(C)C)C2)c1C(=O)OCC. The minimum absolute atomic E-state index is 0.103. The van der Waals surface area contributed by atoms with E-state index in [9.17, 15) is 18.4 Å². The molecule has 1 aliphatic heterocycles. The number of benzene rings is 2. The van der Waals surface area contributed by atoms with Crippen LogP contribution in [0.25, 0.3) is 16.0 Å². The summed E-state index contributed by atoms with van der Waals surface area (Å²) in [6.07, 6.45) is 1.82. The summed E-state index contributed by atoms with van der Waals surface area (Å²) in [5.41, 5.74) is 0.641. The Morgan fingerprint density at radius 1 is 1.10 bits per heavy atom. The highest BCUT2D eigenvalue weighted by molar-refractivity contribution is 6.00. The molecule has 0 saturated carbocycles. The fourth-order valence-electron chi connectivity index (χ4n) is 4.39. The second kappa shape index (κ2) is 11.2. The smallest absolute Gasteiger partial charge is 0.410 e. The third kappa shape index (κ3) is 6.03. The van der Waals surface area contributed by atoms with Crippen molar-refractivity contribution in [2.75, 3.05) is 19.7 Å². The van der Waals surface area contributed by atoms with Crippen molar-refractivity contribution < 1.29 is 32.6 Å². The van der Waals surface area contributed by atoms with Gasteiger partial charge in [-0.25, -0.2) is 23.2 Å². The zero-order chi connectivity index (χ0) is 28.3. The fraction of sp³-hybridized carbons (Fsp3) is 0.345. The van der Waals surface area contributed by atoms with Crippen LogP contribution in [0, 0.1) is 18.2 Å². The first-order valence-electron chi connectivity index (χ1n) is 12.5. The van der Waals surface area contributed by atoms with Gasteiger partial charge in [-0.15, -0.1) is 0 Å². The summed E-state index contributed by atoms with van der Waals surface area (Å²) in [7, 11) is 0. The first-order chi connectivity index (χ1) is 18.5. The van der Waals surface area contributed by atoms with Gasteiger partial charge in [0.05, 0.1) is 19.2 Å². The summed E-state index contributed by atoms with van der Waals surface area (Å²) in [5.74, 6) is -2.62. The Hall–Kier alpha value is -4.39. The van der Waals surface area contributed by atoms with Crippen molar-refractivity contribution in [3.63, 3.8) is 0 Å². The number of likely N-dealkylation sites (tertiary alicyclic amines) is 1. The average molecular weight is 538 g/mol. The lowest BCUT2D eigenvalue weighted by molar-refractivity contribution is 0.0289. The van der Waals surface area contributed by atoms with Crippen LogP contribution in [0.15, 0.2) is 48.7 Å². The molecular weight excluding hydrogens is 508 g/mol. The molecule has 1 aromatic heterocycles. The van der Waals surface area contributed by atoms with E-state index in [1.54, 1.807) is 55.5 Å². The molecule has 3 aromatic rings. The van der Waals surface area contributed by atoms with Crippen molar-refractivity contribution in [1.29, 1.82) is 0 Å². The van der Waals surface area contributed by atoms with Crippen molar-refractivity contribution >= 4 is 17.7 Å². The van der Waals surface area contributed by atoms with Crippen LogP contribution < -0.4 is 4.74 Å². The van der Waals surface area contributed by atoms with Crippen LogP contribution in [0.5, 0.6) is 11.5 Å². The number of nitrogens with zero attached hydrogens (tertiary/aromatic N) is 3. The number of para-hydroxylation sites is 1. The largest absolute Gasteiger partial charge is 0.462 e. The number of esters is 1. The van der Waals surface area contributed by atoms with E-state index in [1.807, 2.05) is 0 Å². The van der Waals surface area contributed by atoms with Crippen molar-refractivity contribution in [1.82, 2.24) is 9.47 Å².